The number of thiazole rings is 1. The predicted molar refractivity (Wildman–Crippen MR) is 176 cm³/mol. The number of benzene rings is 3. The van der Waals surface area contributed by atoms with Crippen LogP contribution in [0.25, 0.3) is 11.3 Å². The highest BCUT2D eigenvalue weighted by Crippen LogP contribution is 2.31. The molecular formula is C32H30N4O6S3. The van der Waals surface area contributed by atoms with Crippen LogP contribution in [0.1, 0.15) is 22.2 Å². The molecule has 10 nitrogen and oxygen atoms in total. The molecule has 3 N–H and O–H groups in total. The average molecular weight is 663 g/mol. The summed E-state index contributed by atoms with van der Waals surface area (Å²) in [6.45, 7) is 0. The van der Waals surface area contributed by atoms with Gasteiger partial charge in [-0.05, 0) is 53.3 Å². The SMILES string of the molecule is COC(=O)N[C@@H](Cc1ccccc1)C(=O)N[C@@H](Cc1ccc(N(c2ccccc2)S(=O)(=O)O)cc1)c1nc(-c2ccsc2)cs1. The van der Waals surface area contributed by atoms with Gasteiger partial charge in [0.25, 0.3) is 0 Å². The Kier molecular flexibility index (Phi) is 10.2. The average Bonchev–Trinajstić information content (AvgIpc) is 3.75. The van der Waals surface area contributed by atoms with Gasteiger partial charge in [0.05, 0.1) is 30.2 Å². The number of ether oxygens (including phenoxy) is 1. The summed E-state index contributed by atoms with van der Waals surface area (Å²) < 4.78 is 40.2. The highest BCUT2D eigenvalue weighted by Gasteiger charge is 2.27. The third-order valence-electron chi connectivity index (χ3n) is 6.86. The molecule has 0 aliphatic carbocycles. The number of anilines is 2. The monoisotopic (exact) mass is 662 g/mol. The number of carbonyl (C=O) groups excluding carboxylic acids is 2. The van der Waals surface area contributed by atoms with Crippen molar-refractivity contribution in [1.29, 1.82) is 0 Å². The van der Waals surface area contributed by atoms with E-state index in [1.54, 1.807) is 65.9 Å². The van der Waals surface area contributed by atoms with Crippen molar-refractivity contribution in [3.8, 4) is 11.3 Å². The number of amides is 2. The molecule has 0 fully saturated rings. The minimum atomic E-state index is -4.61. The maximum atomic E-state index is 13.7. The Morgan fingerprint density at radius 1 is 0.867 bits per heavy atom. The number of thiophene rings is 1. The summed E-state index contributed by atoms with van der Waals surface area (Å²) in [5, 5.41) is 12.3. The predicted octanol–water partition coefficient (Wildman–Crippen LogP) is 6.18. The van der Waals surface area contributed by atoms with Gasteiger partial charge in [-0.2, -0.15) is 19.8 Å². The Hall–Kier alpha value is -4.56. The van der Waals surface area contributed by atoms with E-state index in [-0.39, 0.29) is 17.8 Å². The summed E-state index contributed by atoms with van der Waals surface area (Å²) in [6.07, 6.45) is -0.170. The first kappa shape index (κ1) is 31.9. The zero-order valence-electron chi connectivity index (χ0n) is 24.1. The number of carbonyl (C=O) groups is 2. The maximum absolute atomic E-state index is 13.7. The molecule has 5 aromatic rings. The number of aromatic nitrogens is 1. The lowest BCUT2D eigenvalue weighted by atomic mass is 10.0. The summed E-state index contributed by atoms with van der Waals surface area (Å²) >= 11 is 2.97. The summed E-state index contributed by atoms with van der Waals surface area (Å²) in [6, 6.07) is 24.7. The largest absolute Gasteiger partial charge is 0.453 e. The van der Waals surface area contributed by atoms with Crippen LogP contribution in [0.3, 0.4) is 0 Å². The van der Waals surface area contributed by atoms with Crippen LogP contribution in [-0.2, 0) is 32.7 Å². The molecule has 2 heterocycles. The van der Waals surface area contributed by atoms with Gasteiger partial charge in [-0.25, -0.2) is 14.1 Å². The van der Waals surface area contributed by atoms with Crippen molar-refractivity contribution in [3.05, 3.63) is 123 Å². The first-order valence-electron chi connectivity index (χ1n) is 13.8. The summed E-state index contributed by atoms with van der Waals surface area (Å²) in [5.74, 6) is -0.417. The lowest BCUT2D eigenvalue weighted by molar-refractivity contribution is -0.123. The Morgan fingerprint density at radius 2 is 1.51 bits per heavy atom. The van der Waals surface area contributed by atoms with Gasteiger partial charge in [-0.15, -0.1) is 11.3 Å². The fourth-order valence-corrected chi connectivity index (χ4v) is 7.01. The summed E-state index contributed by atoms with van der Waals surface area (Å²) in [7, 11) is -3.37. The van der Waals surface area contributed by atoms with Gasteiger partial charge in [0.1, 0.15) is 11.0 Å². The third kappa shape index (κ3) is 8.34. The number of hydrogen-bond acceptors (Lipinski definition) is 8. The molecule has 2 amide bonds. The van der Waals surface area contributed by atoms with E-state index in [0.717, 1.165) is 26.7 Å². The van der Waals surface area contributed by atoms with Crippen molar-refractivity contribution in [3.63, 3.8) is 0 Å². The Morgan fingerprint density at radius 3 is 2.13 bits per heavy atom. The van der Waals surface area contributed by atoms with E-state index in [0.29, 0.717) is 11.4 Å². The normalized spacial score (nSPS) is 12.6. The molecule has 45 heavy (non-hydrogen) atoms. The van der Waals surface area contributed by atoms with Crippen LogP contribution in [-0.4, -0.2) is 43.1 Å². The molecule has 13 heteroatoms. The molecule has 0 saturated heterocycles. The van der Waals surface area contributed by atoms with Gasteiger partial charge in [0.2, 0.25) is 5.91 Å². The van der Waals surface area contributed by atoms with Gasteiger partial charge >= 0.3 is 16.4 Å². The van der Waals surface area contributed by atoms with E-state index in [2.05, 4.69) is 10.6 Å². The number of nitrogens with zero attached hydrogens (tertiary/aromatic N) is 2. The van der Waals surface area contributed by atoms with E-state index < -0.39 is 34.4 Å². The second kappa shape index (κ2) is 14.5. The second-order valence-electron chi connectivity index (χ2n) is 9.97. The minimum Gasteiger partial charge on any atom is -0.453 e. The smallest absolute Gasteiger partial charge is 0.407 e. The van der Waals surface area contributed by atoms with Crippen LogP contribution < -0.4 is 14.9 Å². The zero-order valence-corrected chi connectivity index (χ0v) is 26.5. The van der Waals surface area contributed by atoms with Crippen LogP contribution in [0, 0.1) is 0 Å². The summed E-state index contributed by atoms with van der Waals surface area (Å²) in [5.41, 5.74) is 3.91. The molecular weight excluding hydrogens is 633 g/mol. The highest BCUT2D eigenvalue weighted by molar-refractivity contribution is 7.87. The molecule has 2 aromatic heterocycles. The quantitative estimate of drug-likeness (QED) is 0.136. The van der Waals surface area contributed by atoms with E-state index in [4.69, 9.17) is 9.72 Å². The van der Waals surface area contributed by atoms with Crippen LogP contribution in [0.4, 0.5) is 16.2 Å². The number of alkyl carbamates (subject to hydrolysis) is 1. The van der Waals surface area contributed by atoms with Crippen LogP contribution in [0.2, 0.25) is 0 Å². The molecule has 0 spiro atoms. The number of nitrogens with one attached hydrogen (secondary N) is 2. The third-order valence-corrected chi connectivity index (χ3v) is 9.39. The summed E-state index contributed by atoms with van der Waals surface area (Å²) in [4.78, 5) is 30.7. The molecule has 3 aromatic carbocycles. The molecule has 0 radical (unpaired) electrons. The molecule has 0 aliphatic rings. The molecule has 2 atom stereocenters. The Balaban J connectivity index is 1.43. The van der Waals surface area contributed by atoms with Gasteiger partial charge in [-0.1, -0.05) is 60.7 Å². The van der Waals surface area contributed by atoms with Gasteiger partial charge in [0, 0.05) is 22.7 Å². The van der Waals surface area contributed by atoms with Gasteiger partial charge < -0.3 is 15.4 Å². The molecule has 0 aliphatic heterocycles. The zero-order chi connectivity index (χ0) is 31.8. The first-order valence-corrected chi connectivity index (χ1v) is 17.0. The van der Waals surface area contributed by atoms with Crippen LogP contribution in [0.5, 0.6) is 0 Å². The number of hydrogen-bond donors (Lipinski definition) is 3. The molecule has 232 valence electrons. The van der Waals surface area contributed by atoms with Gasteiger partial charge in [-0.3, -0.25) is 9.35 Å². The van der Waals surface area contributed by atoms with E-state index >= 15 is 0 Å². The van der Waals surface area contributed by atoms with E-state index in [1.807, 2.05) is 52.5 Å². The standard InChI is InChI=1S/C32H30N4O6S3/c1-42-32(38)35-27(18-22-8-4-2-5-9-22)30(37)33-28(31-34-29(21-44-31)24-16-17-43-20-24)19-23-12-14-26(15-13-23)36(45(39,40)41)25-10-6-3-7-11-25/h2-17,20-21,27-28H,18-19H2,1H3,(H,33,37)(H,35,38)(H,39,40,41)/t27-,28-/m0/s1. The van der Waals surface area contributed by atoms with Crippen molar-refractivity contribution in [2.75, 3.05) is 11.4 Å². The number of para-hydroxylation sites is 1. The van der Waals surface area contributed by atoms with Crippen molar-refractivity contribution in [2.45, 2.75) is 24.9 Å². The highest BCUT2D eigenvalue weighted by atomic mass is 32.2. The van der Waals surface area contributed by atoms with Gasteiger partial charge in [0.15, 0.2) is 0 Å². The topological polar surface area (TPSA) is 138 Å². The van der Waals surface area contributed by atoms with Crippen LogP contribution >= 0.6 is 22.7 Å². The van der Waals surface area contributed by atoms with E-state index in [1.165, 1.54) is 18.4 Å². The molecule has 0 saturated carbocycles. The maximum Gasteiger partial charge on any atom is 0.407 e. The molecule has 5 rings (SSSR count). The van der Waals surface area contributed by atoms with Crippen molar-refractivity contribution < 1.29 is 27.3 Å². The van der Waals surface area contributed by atoms with Crippen LogP contribution in [0.15, 0.2) is 107 Å². The Bertz CT molecular complexity index is 1810. The fourth-order valence-electron chi connectivity index (χ4n) is 4.71. The first-order chi connectivity index (χ1) is 21.7. The van der Waals surface area contributed by atoms with Crippen molar-refractivity contribution in [2.24, 2.45) is 0 Å². The fraction of sp³-hybridized carbons (Fsp3) is 0.156. The minimum absolute atomic E-state index is 0.242. The van der Waals surface area contributed by atoms with Crippen molar-refractivity contribution in [1.82, 2.24) is 15.6 Å². The number of methoxy groups -OCH3 is 1. The molecule has 0 unspecified atom stereocenters. The van der Waals surface area contributed by atoms with Crippen molar-refractivity contribution >= 4 is 56.4 Å². The Labute approximate surface area is 269 Å². The molecule has 0 bridgehead atoms. The number of rotatable bonds is 12. The van der Waals surface area contributed by atoms with E-state index in [9.17, 15) is 22.6 Å². The lowest BCUT2D eigenvalue weighted by Gasteiger charge is -2.23. The lowest BCUT2D eigenvalue weighted by Crippen LogP contribution is -2.49. The second-order valence-corrected chi connectivity index (χ2v) is 12.9.